The fourth-order valence-electron chi connectivity index (χ4n) is 3.64. The van der Waals surface area contributed by atoms with Gasteiger partial charge in [0.25, 0.3) is 5.91 Å². The molecule has 0 saturated carbocycles. The fraction of sp³-hybridized carbons (Fsp3) is 0.409. The van der Waals surface area contributed by atoms with Gasteiger partial charge in [0.05, 0.1) is 4.90 Å². The zero-order chi connectivity index (χ0) is 21.0. The third-order valence-corrected chi connectivity index (χ3v) is 7.50. The van der Waals surface area contributed by atoms with Crippen LogP contribution in [0.5, 0.6) is 0 Å². The number of piperidine rings is 1. The van der Waals surface area contributed by atoms with Gasteiger partial charge in [-0.3, -0.25) is 4.79 Å². The van der Waals surface area contributed by atoms with Crippen molar-refractivity contribution in [1.82, 2.24) is 9.21 Å². The van der Waals surface area contributed by atoms with Crippen LogP contribution in [0.1, 0.15) is 42.6 Å². The fourth-order valence-corrected chi connectivity index (χ4v) is 5.20. The first-order chi connectivity index (χ1) is 13.8. The lowest BCUT2D eigenvalue weighted by molar-refractivity contribution is 0.0683. The minimum absolute atomic E-state index is 0.0456. The summed E-state index contributed by atoms with van der Waals surface area (Å²) in [6, 6.07) is 13.4. The number of rotatable bonds is 6. The molecule has 0 unspecified atom stereocenters. The van der Waals surface area contributed by atoms with E-state index in [1.54, 1.807) is 24.3 Å². The number of hydrogen-bond donors (Lipinski definition) is 0. The van der Waals surface area contributed by atoms with Crippen molar-refractivity contribution < 1.29 is 13.2 Å². The van der Waals surface area contributed by atoms with E-state index in [1.165, 1.54) is 16.4 Å². The average Bonchev–Trinajstić information content (AvgIpc) is 2.72. The molecular formula is C22H27ClN2O3S. The molecule has 1 fully saturated rings. The van der Waals surface area contributed by atoms with Crippen molar-refractivity contribution in [3.63, 3.8) is 0 Å². The molecule has 1 heterocycles. The van der Waals surface area contributed by atoms with Crippen LogP contribution in [-0.4, -0.2) is 43.2 Å². The summed E-state index contributed by atoms with van der Waals surface area (Å²) < 4.78 is 27.2. The summed E-state index contributed by atoms with van der Waals surface area (Å²) in [5, 5.41) is 0.496. The maximum Gasteiger partial charge on any atom is 0.253 e. The highest BCUT2D eigenvalue weighted by molar-refractivity contribution is 7.89. The average molecular weight is 435 g/mol. The smallest absolute Gasteiger partial charge is 0.253 e. The second-order valence-corrected chi connectivity index (χ2v) is 9.95. The van der Waals surface area contributed by atoms with Gasteiger partial charge in [0.15, 0.2) is 0 Å². The maximum absolute atomic E-state index is 12.9. The lowest BCUT2D eigenvalue weighted by Crippen LogP contribution is -2.39. The van der Waals surface area contributed by atoms with Crippen LogP contribution in [0, 0.1) is 5.92 Å². The number of hydrogen-bond acceptors (Lipinski definition) is 3. The van der Waals surface area contributed by atoms with Gasteiger partial charge >= 0.3 is 0 Å². The lowest BCUT2D eigenvalue weighted by atomic mass is 9.99. The van der Waals surface area contributed by atoms with Crippen molar-refractivity contribution in [2.75, 3.05) is 19.6 Å². The van der Waals surface area contributed by atoms with Gasteiger partial charge in [-0.25, -0.2) is 8.42 Å². The number of amides is 1. The molecule has 5 nitrogen and oxygen atoms in total. The minimum atomic E-state index is -3.62. The van der Waals surface area contributed by atoms with Crippen LogP contribution in [-0.2, 0) is 16.6 Å². The summed E-state index contributed by atoms with van der Waals surface area (Å²) in [7, 11) is -3.62. The van der Waals surface area contributed by atoms with Crippen LogP contribution in [0.25, 0.3) is 0 Å². The molecule has 2 aromatic carbocycles. The summed E-state index contributed by atoms with van der Waals surface area (Å²) in [5.41, 5.74) is 1.49. The molecule has 0 bridgehead atoms. The molecule has 0 aliphatic carbocycles. The van der Waals surface area contributed by atoms with E-state index in [2.05, 4.69) is 6.92 Å². The van der Waals surface area contributed by atoms with Gasteiger partial charge in [-0.15, -0.1) is 0 Å². The van der Waals surface area contributed by atoms with E-state index in [4.69, 9.17) is 11.6 Å². The van der Waals surface area contributed by atoms with Gasteiger partial charge in [-0.05, 0) is 60.7 Å². The Kier molecular flexibility index (Phi) is 6.98. The second-order valence-electron chi connectivity index (χ2n) is 7.58. The number of nitrogens with zero attached hydrogens (tertiary/aromatic N) is 2. The van der Waals surface area contributed by atoms with Gasteiger partial charge in [-0.1, -0.05) is 37.6 Å². The molecule has 0 radical (unpaired) electrons. The molecule has 0 spiro atoms. The molecule has 7 heteroatoms. The molecule has 156 valence electrons. The summed E-state index contributed by atoms with van der Waals surface area (Å²) in [6.45, 7) is 6.16. The number of carbonyl (C=O) groups is 1. The minimum Gasteiger partial charge on any atom is -0.338 e. The molecule has 29 heavy (non-hydrogen) atoms. The Morgan fingerprint density at radius 3 is 2.38 bits per heavy atom. The van der Waals surface area contributed by atoms with Crippen LogP contribution in [0.2, 0.25) is 5.02 Å². The molecular weight excluding hydrogens is 408 g/mol. The zero-order valence-corrected chi connectivity index (χ0v) is 18.4. The number of halogens is 1. The first kappa shape index (κ1) is 21.8. The van der Waals surface area contributed by atoms with Crippen LogP contribution >= 0.6 is 11.6 Å². The van der Waals surface area contributed by atoms with Crippen molar-refractivity contribution in [3.05, 3.63) is 64.7 Å². The summed E-state index contributed by atoms with van der Waals surface area (Å²) in [5.74, 6) is 0.576. The first-order valence-corrected chi connectivity index (χ1v) is 11.8. The van der Waals surface area contributed by atoms with Crippen molar-refractivity contribution in [2.24, 2.45) is 5.92 Å². The van der Waals surface area contributed by atoms with E-state index >= 15 is 0 Å². The second kappa shape index (κ2) is 9.28. The summed E-state index contributed by atoms with van der Waals surface area (Å²) in [4.78, 5) is 14.8. The largest absolute Gasteiger partial charge is 0.338 e. The molecule has 1 saturated heterocycles. The predicted molar refractivity (Wildman–Crippen MR) is 115 cm³/mol. The van der Waals surface area contributed by atoms with Crippen LogP contribution in [0.3, 0.4) is 0 Å². The Balaban J connectivity index is 1.72. The topological polar surface area (TPSA) is 57.7 Å². The predicted octanol–water partition coefficient (Wildman–Crippen LogP) is 4.42. The quantitative estimate of drug-likeness (QED) is 0.676. The number of likely N-dealkylation sites (tertiary alicyclic amines) is 1. The normalized spacial score (nSPS) is 17.5. The van der Waals surface area contributed by atoms with E-state index in [-0.39, 0.29) is 17.3 Å². The van der Waals surface area contributed by atoms with Crippen LogP contribution in [0.4, 0.5) is 0 Å². The number of sulfonamides is 1. The van der Waals surface area contributed by atoms with Crippen molar-refractivity contribution in [3.8, 4) is 0 Å². The Hall–Kier alpha value is -1.89. The number of carbonyl (C=O) groups excluding carboxylic acids is 1. The molecule has 1 aliphatic heterocycles. The standard InChI is InChI=1S/C22H27ClN2O3S/c1-3-25(29(27,28)21-12-10-20(23)11-13-21)16-18-6-8-19(9-7-18)22(26)24-14-4-5-17(2)15-24/h6-13,17H,3-5,14-16H2,1-2H3/t17-/m0/s1. The molecule has 1 aliphatic rings. The van der Waals surface area contributed by atoms with Crippen molar-refractivity contribution in [1.29, 1.82) is 0 Å². The highest BCUT2D eigenvalue weighted by Gasteiger charge is 2.24. The lowest BCUT2D eigenvalue weighted by Gasteiger charge is -2.31. The van der Waals surface area contributed by atoms with Crippen LogP contribution in [0.15, 0.2) is 53.4 Å². The third-order valence-electron chi connectivity index (χ3n) is 5.31. The monoisotopic (exact) mass is 434 g/mol. The van der Waals surface area contributed by atoms with Gasteiger partial charge in [0, 0.05) is 36.8 Å². The van der Waals surface area contributed by atoms with Gasteiger partial charge in [0.2, 0.25) is 10.0 Å². The first-order valence-electron chi connectivity index (χ1n) is 9.95. The SMILES string of the molecule is CCN(Cc1ccc(C(=O)N2CCC[C@H](C)C2)cc1)S(=O)(=O)c1ccc(Cl)cc1. The van der Waals surface area contributed by atoms with E-state index < -0.39 is 10.0 Å². The van der Waals surface area contributed by atoms with Crippen molar-refractivity contribution >= 4 is 27.5 Å². The molecule has 2 aromatic rings. The third kappa shape index (κ3) is 5.18. The summed E-state index contributed by atoms with van der Waals surface area (Å²) >= 11 is 5.87. The maximum atomic E-state index is 12.9. The Bertz CT molecular complexity index is 943. The van der Waals surface area contributed by atoms with Crippen LogP contribution < -0.4 is 0 Å². The summed E-state index contributed by atoms with van der Waals surface area (Å²) in [6.07, 6.45) is 2.21. The molecule has 3 rings (SSSR count). The van der Waals surface area contributed by atoms with E-state index in [0.29, 0.717) is 23.0 Å². The van der Waals surface area contributed by atoms with Crippen molar-refractivity contribution in [2.45, 2.75) is 38.1 Å². The molecule has 0 aromatic heterocycles. The highest BCUT2D eigenvalue weighted by atomic mass is 35.5. The van der Waals surface area contributed by atoms with Gasteiger partial charge in [-0.2, -0.15) is 4.31 Å². The Morgan fingerprint density at radius 2 is 1.79 bits per heavy atom. The van der Waals surface area contributed by atoms with Gasteiger partial charge in [0.1, 0.15) is 0 Å². The van der Waals surface area contributed by atoms with E-state index in [1.807, 2.05) is 24.0 Å². The van der Waals surface area contributed by atoms with Gasteiger partial charge < -0.3 is 4.90 Å². The molecule has 0 N–H and O–H groups in total. The molecule has 1 amide bonds. The Morgan fingerprint density at radius 1 is 1.14 bits per heavy atom. The van der Waals surface area contributed by atoms with E-state index in [9.17, 15) is 13.2 Å². The molecule has 1 atom stereocenters. The van der Waals surface area contributed by atoms with E-state index in [0.717, 1.165) is 31.5 Å². The number of benzene rings is 2. The zero-order valence-electron chi connectivity index (χ0n) is 16.8. The highest BCUT2D eigenvalue weighted by Crippen LogP contribution is 2.22. The Labute approximate surface area is 178 Å².